The van der Waals surface area contributed by atoms with Crippen molar-refractivity contribution in [1.29, 1.82) is 0 Å². The standard InChI is InChI=1S/C17H16ClIN5OP.C2H6/c1-11-4-2-3-5-13(11)23-10-20-12-9-22(7-6-14(12)23)15-8-21-24(26-19)17(25)16(15)18;1-2/h2-5,8,10,26H,6-7,9H2,1H3;1-2H3. The number of halogens is 2. The summed E-state index contributed by atoms with van der Waals surface area (Å²) in [5, 5.41) is 4.44. The van der Waals surface area contributed by atoms with E-state index in [0.717, 1.165) is 24.3 Å². The largest absolute Gasteiger partial charge is 0.362 e. The number of para-hydroxylation sites is 1. The zero-order valence-electron chi connectivity index (χ0n) is 16.0. The topological polar surface area (TPSA) is 56.0 Å². The molecule has 0 radical (unpaired) electrons. The van der Waals surface area contributed by atoms with Gasteiger partial charge in [-0.2, -0.15) is 5.10 Å². The number of hydrogen-bond donors (Lipinski definition) is 0. The molecule has 0 bridgehead atoms. The lowest BCUT2D eigenvalue weighted by Gasteiger charge is -2.29. The van der Waals surface area contributed by atoms with Crippen LogP contribution in [0.1, 0.15) is 30.8 Å². The molecule has 0 N–H and O–H groups in total. The summed E-state index contributed by atoms with van der Waals surface area (Å²) in [6.45, 7) is 7.48. The van der Waals surface area contributed by atoms with Gasteiger partial charge in [-0.25, -0.2) is 9.44 Å². The first-order valence-electron chi connectivity index (χ1n) is 9.10. The number of rotatable bonds is 3. The van der Waals surface area contributed by atoms with Gasteiger partial charge in [0, 0.05) is 24.3 Å². The van der Waals surface area contributed by atoms with Crippen LogP contribution in [0.2, 0.25) is 5.02 Å². The Bertz CT molecular complexity index is 1040. The van der Waals surface area contributed by atoms with E-state index in [1.807, 2.05) is 32.3 Å². The van der Waals surface area contributed by atoms with Crippen molar-refractivity contribution in [2.24, 2.45) is 0 Å². The fourth-order valence-electron chi connectivity index (χ4n) is 3.26. The molecule has 0 saturated carbocycles. The Morgan fingerprint density at radius 2 is 1.96 bits per heavy atom. The third-order valence-corrected chi connectivity index (χ3v) is 6.81. The van der Waals surface area contributed by atoms with E-state index in [1.54, 1.807) is 6.20 Å². The highest BCUT2D eigenvalue weighted by Crippen LogP contribution is 2.30. The van der Waals surface area contributed by atoms with E-state index < -0.39 is 0 Å². The van der Waals surface area contributed by atoms with E-state index in [9.17, 15) is 4.79 Å². The molecule has 1 aliphatic heterocycles. The molecule has 28 heavy (non-hydrogen) atoms. The van der Waals surface area contributed by atoms with Gasteiger partial charge in [-0.3, -0.25) is 4.79 Å². The third-order valence-electron chi connectivity index (χ3n) is 4.61. The first-order valence-corrected chi connectivity index (χ1v) is 13.5. The molecule has 1 aliphatic rings. The smallest absolute Gasteiger partial charge is 0.291 e. The van der Waals surface area contributed by atoms with E-state index in [-0.39, 0.29) is 17.0 Å². The van der Waals surface area contributed by atoms with Crippen molar-refractivity contribution in [2.75, 3.05) is 11.4 Å². The first kappa shape index (κ1) is 21.3. The van der Waals surface area contributed by atoms with Gasteiger partial charge >= 0.3 is 0 Å². The molecule has 148 valence electrons. The Kier molecular flexibility index (Phi) is 7.12. The van der Waals surface area contributed by atoms with E-state index in [4.69, 9.17) is 11.6 Å². The minimum absolute atomic E-state index is 0.228. The van der Waals surface area contributed by atoms with Crippen LogP contribution in [0.25, 0.3) is 5.69 Å². The summed E-state index contributed by atoms with van der Waals surface area (Å²) in [5.74, 6) is 0. The fraction of sp³-hybridized carbons (Fsp3) is 0.316. The van der Waals surface area contributed by atoms with Crippen LogP contribution in [-0.2, 0) is 13.0 Å². The zero-order valence-corrected chi connectivity index (χ0v) is 19.9. The van der Waals surface area contributed by atoms with Gasteiger partial charge in [-0.15, -0.1) is 0 Å². The third kappa shape index (κ3) is 3.98. The molecule has 4 rings (SSSR count). The summed E-state index contributed by atoms with van der Waals surface area (Å²) in [5.41, 5.74) is 5.02. The van der Waals surface area contributed by atoms with Crippen LogP contribution < -0.4 is 10.5 Å². The van der Waals surface area contributed by atoms with Crippen LogP contribution in [-0.4, -0.2) is 25.6 Å². The van der Waals surface area contributed by atoms with Gasteiger partial charge in [-0.1, -0.05) is 43.6 Å². The highest BCUT2D eigenvalue weighted by molar-refractivity contribution is 14.2. The van der Waals surface area contributed by atoms with Crippen molar-refractivity contribution in [3.8, 4) is 5.69 Å². The number of nitrogens with zero attached hydrogens (tertiary/aromatic N) is 5. The average molecular weight is 530 g/mol. The molecule has 0 saturated heterocycles. The first-order chi connectivity index (χ1) is 13.6. The molecule has 0 amide bonds. The number of anilines is 1. The number of fused-ring (bicyclic) bond motifs is 1. The Labute approximate surface area is 184 Å². The van der Waals surface area contributed by atoms with Crippen LogP contribution in [0.15, 0.2) is 41.6 Å². The van der Waals surface area contributed by atoms with Crippen LogP contribution in [0.4, 0.5) is 5.69 Å². The highest BCUT2D eigenvalue weighted by Gasteiger charge is 2.24. The lowest BCUT2D eigenvalue weighted by molar-refractivity contribution is 0.693. The Morgan fingerprint density at radius 3 is 2.68 bits per heavy atom. The van der Waals surface area contributed by atoms with Gasteiger partial charge < -0.3 is 9.47 Å². The molecule has 9 heteroatoms. The normalized spacial score (nSPS) is 13.4. The summed E-state index contributed by atoms with van der Waals surface area (Å²) >= 11 is 8.44. The molecule has 2 aromatic heterocycles. The molecule has 1 atom stereocenters. The molecule has 1 aromatic carbocycles. The fourth-order valence-corrected chi connectivity index (χ4v) is 4.90. The predicted octanol–water partition coefficient (Wildman–Crippen LogP) is 4.77. The minimum atomic E-state index is -0.242. The van der Waals surface area contributed by atoms with Crippen LogP contribution in [0.5, 0.6) is 0 Å². The maximum Gasteiger partial charge on any atom is 0.291 e. The Morgan fingerprint density at radius 1 is 1.21 bits per heavy atom. The molecule has 3 heterocycles. The van der Waals surface area contributed by atoms with Crippen molar-refractivity contribution < 1.29 is 0 Å². The number of aromatic nitrogens is 4. The predicted molar refractivity (Wildman–Crippen MR) is 126 cm³/mol. The molecule has 1 unspecified atom stereocenters. The van der Waals surface area contributed by atoms with Gasteiger partial charge in [0.1, 0.15) is 5.02 Å². The maximum atomic E-state index is 12.3. The quantitative estimate of drug-likeness (QED) is 0.362. The van der Waals surface area contributed by atoms with Crippen molar-refractivity contribution in [3.05, 3.63) is 69.1 Å². The number of benzene rings is 1. The summed E-state index contributed by atoms with van der Waals surface area (Å²) in [6.07, 6.45) is 4.62. The second kappa shape index (κ2) is 9.37. The van der Waals surface area contributed by atoms with Gasteiger partial charge in [0.15, 0.2) is 0 Å². The molecule has 0 spiro atoms. The second-order valence-electron chi connectivity index (χ2n) is 6.11. The zero-order chi connectivity index (χ0) is 20.3. The van der Waals surface area contributed by atoms with Crippen molar-refractivity contribution >= 4 is 45.7 Å². The van der Waals surface area contributed by atoms with Crippen molar-refractivity contribution in [1.82, 2.24) is 19.1 Å². The van der Waals surface area contributed by atoms with Gasteiger partial charge in [-0.05, 0) is 40.6 Å². The SMILES string of the molecule is CC.Cc1ccccc1-n1cnc2c1CCN(c1cnn(PI)c(=O)c1Cl)C2. The monoisotopic (exact) mass is 529 g/mol. The van der Waals surface area contributed by atoms with E-state index >= 15 is 0 Å². The summed E-state index contributed by atoms with van der Waals surface area (Å²) < 4.78 is 3.55. The number of hydrogen-bond acceptors (Lipinski definition) is 4. The van der Waals surface area contributed by atoms with E-state index in [2.05, 4.69) is 60.6 Å². The van der Waals surface area contributed by atoms with E-state index in [1.165, 1.54) is 15.7 Å². The van der Waals surface area contributed by atoms with Gasteiger partial charge in [0.2, 0.25) is 0 Å². The van der Waals surface area contributed by atoms with Crippen molar-refractivity contribution in [2.45, 2.75) is 33.7 Å². The Balaban J connectivity index is 0.00000109. The summed E-state index contributed by atoms with van der Waals surface area (Å²) in [4.78, 5) is 18.9. The average Bonchev–Trinajstić information content (AvgIpc) is 3.15. The lowest BCUT2D eigenvalue weighted by Crippen LogP contribution is -2.33. The molecule has 3 aromatic rings. The van der Waals surface area contributed by atoms with Gasteiger partial charge in [0.25, 0.3) is 5.56 Å². The minimum Gasteiger partial charge on any atom is -0.362 e. The lowest BCUT2D eigenvalue weighted by atomic mass is 10.1. The summed E-state index contributed by atoms with van der Waals surface area (Å²) in [7, 11) is 0. The highest BCUT2D eigenvalue weighted by atomic mass is 127. The van der Waals surface area contributed by atoms with Crippen LogP contribution >= 0.6 is 40.0 Å². The molecule has 0 aliphatic carbocycles. The number of imidazole rings is 1. The maximum absolute atomic E-state index is 12.3. The summed E-state index contributed by atoms with van der Waals surface area (Å²) in [6, 6.07) is 8.29. The molecular formula is C19H22ClIN5OP. The molecular weight excluding hydrogens is 508 g/mol. The number of aryl methyl sites for hydroxylation is 1. The van der Waals surface area contributed by atoms with E-state index in [0.29, 0.717) is 12.2 Å². The van der Waals surface area contributed by atoms with Crippen LogP contribution in [0.3, 0.4) is 0 Å². The Hall–Kier alpha value is -1.44. The molecule has 6 nitrogen and oxygen atoms in total. The van der Waals surface area contributed by atoms with Gasteiger partial charge in [0.05, 0.1) is 36.8 Å². The molecule has 0 fully saturated rings. The van der Waals surface area contributed by atoms with Crippen molar-refractivity contribution in [3.63, 3.8) is 0 Å². The second-order valence-corrected chi connectivity index (χ2v) is 8.53. The van der Waals surface area contributed by atoms with Crippen LogP contribution in [0, 0.1) is 6.92 Å².